The molecule has 1 unspecified atom stereocenters. The van der Waals surface area contributed by atoms with E-state index in [1.165, 1.54) is 0 Å². The molecule has 0 bridgehead atoms. The van der Waals surface area contributed by atoms with Crippen molar-refractivity contribution in [1.82, 2.24) is 25.1 Å². The molecule has 0 saturated carbocycles. The van der Waals surface area contributed by atoms with Crippen molar-refractivity contribution in [3.05, 3.63) is 48.3 Å². The Kier molecular flexibility index (Phi) is 10.3. The van der Waals surface area contributed by atoms with Crippen LogP contribution < -0.4 is 15.0 Å². The molecule has 1 N–H and O–H groups in total. The number of hydrogen-bond acceptors (Lipinski definition) is 6. The van der Waals surface area contributed by atoms with Gasteiger partial charge in [-0.05, 0) is 33.2 Å². The number of hydrogen-bond donors (Lipinski definition) is 1. The summed E-state index contributed by atoms with van der Waals surface area (Å²) in [6, 6.07) is 10.1. The van der Waals surface area contributed by atoms with Gasteiger partial charge in [0.15, 0.2) is 5.96 Å². The third-order valence-electron chi connectivity index (χ3n) is 5.28. The fourth-order valence-corrected chi connectivity index (χ4v) is 3.65. The number of piperazine rings is 1. The van der Waals surface area contributed by atoms with Crippen molar-refractivity contribution in [2.24, 2.45) is 4.99 Å². The SMILES string of the molecule is CCNC(=NCC(c1ccccc1OC)N(C)C)N1CCN(c2ncccn2)CC1.I. The number of anilines is 1. The first-order chi connectivity index (χ1) is 14.6. The van der Waals surface area contributed by atoms with E-state index < -0.39 is 0 Å². The van der Waals surface area contributed by atoms with Gasteiger partial charge in [-0.25, -0.2) is 9.97 Å². The van der Waals surface area contributed by atoms with Crippen LogP contribution in [-0.2, 0) is 0 Å². The number of aromatic nitrogens is 2. The molecule has 8 nitrogen and oxygen atoms in total. The largest absolute Gasteiger partial charge is 0.496 e. The summed E-state index contributed by atoms with van der Waals surface area (Å²) in [5.74, 6) is 2.64. The number of rotatable bonds is 7. The quantitative estimate of drug-likeness (QED) is 0.330. The van der Waals surface area contributed by atoms with E-state index in [9.17, 15) is 0 Å². The minimum absolute atomic E-state index is 0. The van der Waals surface area contributed by atoms with Crippen molar-refractivity contribution in [3.63, 3.8) is 0 Å². The zero-order valence-electron chi connectivity index (χ0n) is 18.9. The topological polar surface area (TPSA) is 69.1 Å². The molecular formula is C22H34IN7O. The Morgan fingerprint density at radius 3 is 2.42 bits per heavy atom. The summed E-state index contributed by atoms with van der Waals surface area (Å²) in [7, 11) is 5.88. The van der Waals surface area contributed by atoms with Gasteiger partial charge in [0.05, 0.1) is 19.7 Å². The van der Waals surface area contributed by atoms with Crippen LogP contribution in [0.4, 0.5) is 5.95 Å². The summed E-state index contributed by atoms with van der Waals surface area (Å²) in [4.78, 5) is 20.5. The Hall–Kier alpha value is -2.14. The zero-order chi connectivity index (χ0) is 21.3. The van der Waals surface area contributed by atoms with Gasteiger partial charge in [0.1, 0.15) is 5.75 Å². The third kappa shape index (κ3) is 6.67. The minimum Gasteiger partial charge on any atom is -0.496 e. The zero-order valence-corrected chi connectivity index (χ0v) is 21.2. The Bertz CT molecular complexity index is 811. The van der Waals surface area contributed by atoms with Crippen LogP contribution in [0, 0.1) is 0 Å². The number of benzene rings is 1. The molecule has 0 radical (unpaired) electrons. The van der Waals surface area contributed by atoms with Crippen LogP contribution >= 0.6 is 24.0 Å². The molecule has 2 heterocycles. The van der Waals surface area contributed by atoms with Gasteiger partial charge in [0, 0.05) is 50.7 Å². The van der Waals surface area contributed by atoms with Crippen molar-refractivity contribution < 1.29 is 4.74 Å². The molecule has 170 valence electrons. The molecule has 3 rings (SSSR count). The first-order valence-electron chi connectivity index (χ1n) is 10.5. The second-order valence-electron chi connectivity index (χ2n) is 7.44. The van der Waals surface area contributed by atoms with Gasteiger partial charge < -0.3 is 24.8 Å². The minimum atomic E-state index is 0. The average Bonchev–Trinajstić information content (AvgIpc) is 2.79. The molecular weight excluding hydrogens is 505 g/mol. The van der Waals surface area contributed by atoms with Crippen LogP contribution in [0.25, 0.3) is 0 Å². The van der Waals surface area contributed by atoms with E-state index in [1.807, 2.05) is 24.3 Å². The van der Waals surface area contributed by atoms with Crippen LogP contribution in [-0.4, -0.2) is 86.2 Å². The highest BCUT2D eigenvalue weighted by Gasteiger charge is 2.23. The Labute approximate surface area is 202 Å². The van der Waals surface area contributed by atoms with E-state index in [0.717, 1.165) is 55.9 Å². The molecule has 1 aromatic heterocycles. The number of likely N-dealkylation sites (N-methyl/N-ethyl adjacent to an activating group) is 1. The molecule has 9 heteroatoms. The van der Waals surface area contributed by atoms with Crippen LogP contribution in [0.3, 0.4) is 0 Å². The second kappa shape index (κ2) is 12.7. The van der Waals surface area contributed by atoms with Crippen LogP contribution in [0.1, 0.15) is 18.5 Å². The lowest BCUT2D eigenvalue weighted by Crippen LogP contribution is -2.53. The summed E-state index contributed by atoms with van der Waals surface area (Å²) in [6.45, 7) is 7.10. The van der Waals surface area contributed by atoms with Crippen molar-refractivity contribution in [2.45, 2.75) is 13.0 Å². The number of aliphatic imine (C=N–C) groups is 1. The lowest BCUT2D eigenvalue weighted by atomic mass is 10.0. The van der Waals surface area contributed by atoms with Gasteiger partial charge in [0.2, 0.25) is 5.95 Å². The van der Waals surface area contributed by atoms with Crippen molar-refractivity contribution >= 4 is 35.9 Å². The standard InChI is InChI=1S/C22H33N7O.HI/c1-5-23-21(28-13-15-29(16-14-28)22-24-11-8-12-25-22)26-17-19(27(2)3)18-9-6-7-10-20(18)30-4;/h6-12,19H,5,13-17H2,1-4H3,(H,23,26);1H. The molecule has 1 fully saturated rings. The van der Waals surface area contributed by atoms with E-state index >= 15 is 0 Å². The lowest BCUT2D eigenvalue weighted by Gasteiger charge is -2.36. The number of nitrogens with one attached hydrogen (secondary N) is 1. The molecule has 2 aromatic rings. The molecule has 1 aliphatic rings. The summed E-state index contributed by atoms with van der Waals surface area (Å²) in [6.07, 6.45) is 3.58. The normalized spacial score (nSPS) is 15.5. The molecule has 31 heavy (non-hydrogen) atoms. The van der Waals surface area contributed by atoms with E-state index in [1.54, 1.807) is 19.5 Å². The number of nitrogens with zero attached hydrogens (tertiary/aromatic N) is 6. The van der Waals surface area contributed by atoms with Gasteiger partial charge in [-0.3, -0.25) is 4.99 Å². The van der Waals surface area contributed by atoms with Gasteiger partial charge in [-0.15, -0.1) is 24.0 Å². The fraction of sp³-hybridized carbons (Fsp3) is 0.500. The van der Waals surface area contributed by atoms with Crippen LogP contribution in [0.15, 0.2) is 47.7 Å². The summed E-state index contributed by atoms with van der Waals surface area (Å²) >= 11 is 0. The van der Waals surface area contributed by atoms with E-state index in [-0.39, 0.29) is 30.0 Å². The highest BCUT2D eigenvalue weighted by atomic mass is 127. The van der Waals surface area contributed by atoms with Crippen molar-refractivity contribution in [2.75, 3.05) is 65.4 Å². The first-order valence-corrected chi connectivity index (χ1v) is 10.5. The molecule has 1 aliphatic heterocycles. The van der Waals surface area contributed by atoms with Crippen LogP contribution in [0.2, 0.25) is 0 Å². The molecule has 1 saturated heterocycles. The molecule has 1 aromatic carbocycles. The Morgan fingerprint density at radius 1 is 1.13 bits per heavy atom. The van der Waals surface area contributed by atoms with E-state index in [2.05, 4.69) is 57.1 Å². The Morgan fingerprint density at radius 2 is 1.81 bits per heavy atom. The average molecular weight is 539 g/mol. The fourth-order valence-electron chi connectivity index (χ4n) is 3.65. The van der Waals surface area contributed by atoms with Gasteiger partial charge in [0.25, 0.3) is 0 Å². The molecule has 1 atom stereocenters. The number of methoxy groups -OCH3 is 1. The summed E-state index contributed by atoms with van der Waals surface area (Å²) in [5, 5.41) is 3.46. The van der Waals surface area contributed by atoms with Gasteiger partial charge >= 0.3 is 0 Å². The third-order valence-corrected chi connectivity index (χ3v) is 5.28. The Balaban J connectivity index is 0.00000341. The first kappa shape index (κ1) is 25.1. The van der Waals surface area contributed by atoms with E-state index in [0.29, 0.717) is 6.54 Å². The van der Waals surface area contributed by atoms with Gasteiger partial charge in [-0.2, -0.15) is 0 Å². The smallest absolute Gasteiger partial charge is 0.225 e. The molecule has 0 aliphatic carbocycles. The number of para-hydroxylation sites is 1. The number of guanidine groups is 1. The van der Waals surface area contributed by atoms with Crippen LogP contribution in [0.5, 0.6) is 5.75 Å². The highest BCUT2D eigenvalue weighted by molar-refractivity contribution is 14.0. The summed E-state index contributed by atoms with van der Waals surface area (Å²) in [5.41, 5.74) is 1.15. The van der Waals surface area contributed by atoms with Crippen molar-refractivity contribution in [3.8, 4) is 5.75 Å². The molecule has 0 spiro atoms. The maximum atomic E-state index is 5.58. The predicted molar refractivity (Wildman–Crippen MR) is 137 cm³/mol. The maximum absolute atomic E-state index is 5.58. The number of halogens is 1. The van der Waals surface area contributed by atoms with E-state index in [4.69, 9.17) is 9.73 Å². The van der Waals surface area contributed by atoms with Crippen molar-refractivity contribution in [1.29, 1.82) is 0 Å². The maximum Gasteiger partial charge on any atom is 0.225 e. The lowest BCUT2D eigenvalue weighted by molar-refractivity contribution is 0.293. The monoisotopic (exact) mass is 539 g/mol. The second-order valence-corrected chi connectivity index (χ2v) is 7.44. The number of ether oxygens (including phenoxy) is 1. The molecule has 0 amide bonds. The highest BCUT2D eigenvalue weighted by Crippen LogP contribution is 2.28. The summed E-state index contributed by atoms with van der Waals surface area (Å²) < 4.78 is 5.58. The predicted octanol–water partition coefficient (Wildman–Crippen LogP) is 2.49. The van der Waals surface area contributed by atoms with Gasteiger partial charge in [-0.1, -0.05) is 18.2 Å².